The normalized spacial score (nSPS) is 10.8. The zero-order chi connectivity index (χ0) is 19.7. The second-order valence-electron chi connectivity index (χ2n) is 6.08. The maximum atomic E-state index is 12.5. The van der Waals surface area contributed by atoms with Crippen molar-refractivity contribution in [3.63, 3.8) is 0 Å². The van der Waals surface area contributed by atoms with E-state index in [0.29, 0.717) is 11.3 Å². The van der Waals surface area contributed by atoms with Crippen molar-refractivity contribution in [3.8, 4) is 10.6 Å². The topological polar surface area (TPSA) is 98.0 Å². The summed E-state index contributed by atoms with van der Waals surface area (Å²) < 4.78 is 0. The van der Waals surface area contributed by atoms with Crippen molar-refractivity contribution in [2.75, 3.05) is 5.32 Å². The van der Waals surface area contributed by atoms with Crippen LogP contribution in [-0.2, 0) is 0 Å². The summed E-state index contributed by atoms with van der Waals surface area (Å²) in [4.78, 5) is 32.8. The third kappa shape index (κ3) is 3.33. The minimum Gasteiger partial charge on any atom is -0.322 e. The second-order valence-corrected chi connectivity index (χ2v) is 7.06. The van der Waals surface area contributed by atoms with Crippen molar-refractivity contribution in [1.29, 1.82) is 0 Å². The van der Waals surface area contributed by atoms with Gasteiger partial charge in [-0.1, -0.05) is 17.4 Å². The molecule has 0 spiro atoms. The molecule has 0 aliphatic carbocycles. The van der Waals surface area contributed by atoms with Gasteiger partial charge in [-0.15, -0.1) is 0 Å². The van der Waals surface area contributed by atoms with E-state index in [1.807, 2.05) is 24.3 Å². The van der Waals surface area contributed by atoms with Crippen molar-refractivity contribution in [2.24, 2.45) is 0 Å². The third-order valence-corrected chi connectivity index (χ3v) is 5.33. The Balaban J connectivity index is 1.56. The van der Waals surface area contributed by atoms with Crippen LogP contribution in [0.25, 0.3) is 20.9 Å². The number of pyridine rings is 1. The van der Waals surface area contributed by atoms with E-state index in [4.69, 9.17) is 0 Å². The lowest BCUT2D eigenvalue weighted by molar-refractivity contribution is -0.385. The van der Waals surface area contributed by atoms with E-state index in [2.05, 4.69) is 15.3 Å². The van der Waals surface area contributed by atoms with E-state index in [-0.39, 0.29) is 11.3 Å². The van der Waals surface area contributed by atoms with Gasteiger partial charge in [-0.05, 0) is 49.4 Å². The van der Waals surface area contributed by atoms with Crippen LogP contribution in [0.1, 0.15) is 15.9 Å². The number of aromatic nitrogens is 2. The Hall–Kier alpha value is -3.65. The van der Waals surface area contributed by atoms with Gasteiger partial charge >= 0.3 is 0 Å². The van der Waals surface area contributed by atoms with Crippen molar-refractivity contribution in [1.82, 2.24) is 9.97 Å². The summed E-state index contributed by atoms with van der Waals surface area (Å²) in [6.45, 7) is 1.57. The molecule has 2 heterocycles. The molecule has 2 aromatic heterocycles. The average molecular weight is 390 g/mol. The number of benzene rings is 2. The number of hydrogen-bond donors (Lipinski definition) is 1. The zero-order valence-electron chi connectivity index (χ0n) is 14.7. The molecule has 7 nitrogen and oxygen atoms in total. The van der Waals surface area contributed by atoms with Gasteiger partial charge in [-0.25, -0.2) is 9.97 Å². The van der Waals surface area contributed by atoms with Gasteiger partial charge in [0.1, 0.15) is 15.4 Å². The first-order valence-electron chi connectivity index (χ1n) is 8.40. The van der Waals surface area contributed by atoms with Gasteiger partial charge in [-0.3, -0.25) is 14.9 Å². The molecule has 2 aromatic carbocycles. The van der Waals surface area contributed by atoms with E-state index >= 15 is 0 Å². The molecule has 0 unspecified atom stereocenters. The molecule has 0 aliphatic heterocycles. The van der Waals surface area contributed by atoms with Crippen LogP contribution in [0.4, 0.5) is 11.4 Å². The molecule has 138 valence electrons. The molecule has 1 N–H and O–H groups in total. The summed E-state index contributed by atoms with van der Waals surface area (Å²) in [5, 5.41) is 14.7. The molecule has 1 amide bonds. The van der Waals surface area contributed by atoms with E-state index < -0.39 is 10.8 Å². The number of nitrogens with zero attached hydrogens (tertiary/aromatic N) is 3. The lowest BCUT2D eigenvalue weighted by Gasteiger charge is -2.08. The fraction of sp³-hybridized carbons (Fsp3) is 0.0500. The van der Waals surface area contributed by atoms with Crippen LogP contribution < -0.4 is 5.32 Å². The fourth-order valence-corrected chi connectivity index (χ4v) is 3.77. The van der Waals surface area contributed by atoms with Crippen LogP contribution >= 0.6 is 11.3 Å². The summed E-state index contributed by atoms with van der Waals surface area (Å²) in [5.74, 6) is -0.391. The number of nitro groups is 1. The number of carbonyl (C=O) groups excluding carboxylic acids is 1. The number of nitro benzene ring substituents is 1. The van der Waals surface area contributed by atoms with Gasteiger partial charge in [0, 0.05) is 34.6 Å². The molecule has 8 heteroatoms. The van der Waals surface area contributed by atoms with E-state index in [9.17, 15) is 14.9 Å². The van der Waals surface area contributed by atoms with Crippen molar-refractivity contribution < 1.29 is 9.72 Å². The molecule has 0 aliphatic rings. The van der Waals surface area contributed by atoms with Gasteiger partial charge in [0.25, 0.3) is 11.6 Å². The summed E-state index contributed by atoms with van der Waals surface area (Å²) in [5.41, 5.74) is 2.90. The predicted octanol–water partition coefficient (Wildman–Crippen LogP) is 4.83. The second kappa shape index (κ2) is 7.16. The van der Waals surface area contributed by atoms with Gasteiger partial charge in [-0.2, -0.15) is 0 Å². The Morgan fingerprint density at radius 1 is 1.11 bits per heavy atom. The minimum absolute atomic E-state index is 0.0764. The van der Waals surface area contributed by atoms with Gasteiger partial charge in [0.2, 0.25) is 0 Å². The monoisotopic (exact) mass is 390 g/mol. The molecule has 4 rings (SSSR count). The number of thiazole rings is 1. The first-order valence-corrected chi connectivity index (χ1v) is 9.22. The Labute approximate surface area is 163 Å². The molecule has 28 heavy (non-hydrogen) atoms. The maximum Gasteiger partial charge on any atom is 0.273 e. The highest BCUT2D eigenvalue weighted by Gasteiger charge is 2.18. The third-order valence-electron chi connectivity index (χ3n) is 4.30. The highest BCUT2D eigenvalue weighted by atomic mass is 32.1. The summed E-state index contributed by atoms with van der Waals surface area (Å²) in [6.07, 6.45) is 1.73. The highest BCUT2D eigenvalue weighted by Crippen LogP contribution is 2.29. The molecular formula is C20H14N4O3S. The number of hydrogen-bond acceptors (Lipinski definition) is 6. The Kier molecular flexibility index (Phi) is 4.54. The van der Waals surface area contributed by atoms with Crippen LogP contribution in [0.15, 0.2) is 60.8 Å². The molecule has 0 fully saturated rings. The summed E-state index contributed by atoms with van der Waals surface area (Å²) in [7, 11) is 0. The van der Waals surface area contributed by atoms with E-state index in [0.717, 1.165) is 20.9 Å². The van der Waals surface area contributed by atoms with Crippen LogP contribution in [0.2, 0.25) is 0 Å². The van der Waals surface area contributed by atoms with E-state index in [1.165, 1.54) is 23.5 Å². The van der Waals surface area contributed by atoms with Crippen molar-refractivity contribution >= 4 is 39.0 Å². The van der Waals surface area contributed by atoms with Crippen molar-refractivity contribution in [3.05, 3.63) is 82.0 Å². The molecule has 4 aromatic rings. The fourth-order valence-electron chi connectivity index (χ4n) is 2.86. The standard InChI is InChI=1S/C20H14N4O3S/c1-12-15(4-2-6-17(12)24(26)27)18(25)22-14-9-7-13(8-10-14)19-23-16-5-3-11-21-20(16)28-19/h2-11H,1H3,(H,22,25). The zero-order valence-corrected chi connectivity index (χ0v) is 15.6. The van der Waals surface area contributed by atoms with Gasteiger partial charge < -0.3 is 5.32 Å². The molecule has 0 saturated heterocycles. The molecule has 0 atom stereocenters. The van der Waals surface area contributed by atoms with Crippen LogP contribution in [-0.4, -0.2) is 20.8 Å². The summed E-state index contributed by atoms with van der Waals surface area (Å²) >= 11 is 1.50. The van der Waals surface area contributed by atoms with Crippen LogP contribution in [0.5, 0.6) is 0 Å². The SMILES string of the molecule is Cc1c(C(=O)Nc2ccc(-c3nc4cccnc4s3)cc2)cccc1[N+](=O)[O-]. The number of carbonyl (C=O) groups is 1. The van der Waals surface area contributed by atoms with Gasteiger partial charge in [0.05, 0.1) is 4.92 Å². The lowest BCUT2D eigenvalue weighted by atomic mass is 10.1. The lowest BCUT2D eigenvalue weighted by Crippen LogP contribution is -2.14. The minimum atomic E-state index is -0.492. The highest BCUT2D eigenvalue weighted by molar-refractivity contribution is 7.21. The van der Waals surface area contributed by atoms with Gasteiger partial charge in [0.15, 0.2) is 0 Å². The molecule has 0 bridgehead atoms. The van der Waals surface area contributed by atoms with Crippen LogP contribution in [0, 0.1) is 17.0 Å². The van der Waals surface area contributed by atoms with Crippen molar-refractivity contribution in [2.45, 2.75) is 6.92 Å². The van der Waals surface area contributed by atoms with Crippen LogP contribution in [0.3, 0.4) is 0 Å². The number of amides is 1. The van der Waals surface area contributed by atoms with E-state index in [1.54, 1.807) is 31.3 Å². The Bertz CT molecular complexity index is 1170. The number of rotatable bonds is 4. The smallest absolute Gasteiger partial charge is 0.273 e. The first kappa shape index (κ1) is 17.7. The quantitative estimate of drug-likeness (QED) is 0.398. The predicted molar refractivity (Wildman–Crippen MR) is 109 cm³/mol. The molecular weight excluding hydrogens is 376 g/mol. The first-order chi connectivity index (χ1) is 13.5. The maximum absolute atomic E-state index is 12.5. The number of fused-ring (bicyclic) bond motifs is 1. The molecule has 0 saturated carbocycles. The number of nitrogens with one attached hydrogen (secondary N) is 1. The Morgan fingerprint density at radius 3 is 2.61 bits per heavy atom. The Morgan fingerprint density at radius 2 is 1.89 bits per heavy atom. The largest absolute Gasteiger partial charge is 0.322 e. The average Bonchev–Trinajstić information content (AvgIpc) is 3.12. The summed E-state index contributed by atoms with van der Waals surface area (Å²) in [6, 6.07) is 15.5. The molecule has 0 radical (unpaired) electrons. The number of anilines is 1.